The van der Waals surface area contributed by atoms with E-state index in [0.717, 1.165) is 17.7 Å². The molecule has 0 saturated heterocycles. The molecule has 0 fully saturated rings. The van der Waals surface area contributed by atoms with Crippen molar-refractivity contribution in [1.29, 1.82) is 0 Å². The van der Waals surface area contributed by atoms with Crippen LogP contribution in [0, 0.1) is 0 Å². The third-order valence-electron chi connectivity index (χ3n) is 2.21. The topological polar surface area (TPSA) is 51.2 Å². The van der Waals surface area contributed by atoms with Crippen LogP contribution < -0.4 is 0 Å². The lowest BCUT2D eigenvalue weighted by atomic mass is 10.2. The Morgan fingerprint density at radius 1 is 1.28 bits per heavy atom. The Hall–Kier alpha value is -1.07. The standard InChI is InChI=1S/C13H16O3S2/c1-11(14)17-10-4-3-5-12-6-8-13(9-7-12)18(2,15)16/h3,5-9H,4,10H2,1-2H3. The van der Waals surface area contributed by atoms with Crippen molar-refractivity contribution >= 4 is 32.8 Å². The zero-order valence-corrected chi connectivity index (χ0v) is 12.1. The van der Waals surface area contributed by atoms with Gasteiger partial charge < -0.3 is 0 Å². The number of carbonyl (C=O) groups is 1. The molecule has 18 heavy (non-hydrogen) atoms. The van der Waals surface area contributed by atoms with Gasteiger partial charge in [0.25, 0.3) is 0 Å². The quantitative estimate of drug-likeness (QED) is 0.780. The van der Waals surface area contributed by atoms with E-state index in [4.69, 9.17) is 0 Å². The van der Waals surface area contributed by atoms with Gasteiger partial charge in [-0.3, -0.25) is 4.79 Å². The monoisotopic (exact) mass is 284 g/mol. The largest absolute Gasteiger partial charge is 0.288 e. The fourth-order valence-corrected chi connectivity index (χ4v) is 2.49. The number of carbonyl (C=O) groups excluding carboxylic acids is 1. The van der Waals surface area contributed by atoms with E-state index in [2.05, 4.69) is 0 Å². The van der Waals surface area contributed by atoms with E-state index >= 15 is 0 Å². The molecular weight excluding hydrogens is 268 g/mol. The van der Waals surface area contributed by atoms with Gasteiger partial charge in [0.05, 0.1) is 4.90 Å². The van der Waals surface area contributed by atoms with E-state index in [0.29, 0.717) is 4.90 Å². The highest BCUT2D eigenvalue weighted by Crippen LogP contribution is 2.12. The molecule has 0 saturated carbocycles. The molecule has 3 nitrogen and oxygen atoms in total. The van der Waals surface area contributed by atoms with E-state index in [-0.39, 0.29) is 5.12 Å². The summed E-state index contributed by atoms with van der Waals surface area (Å²) in [5.74, 6) is 0.771. The maximum atomic E-state index is 11.3. The van der Waals surface area contributed by atoms with Crippen molar-refractivity contribution in [3.8, 4) is 0 Å². The first-order chi connectivity index (χ1) is 8.39. The molecule has 0 amide bonds. The van der Waals surface area contributed by atoms with Crippen molar-refractivity contribution in [3.05, 3.63) is 35.9 Å². The number of benzene rings is 1. The van der Waals surface area contributed by atoms with E-state index in [1.54, 1.807) is 31.2 Å². The van der Waals surface area contributed by atoms with Gasteiger partial charge in [0, 0.05) is 18.9 Å². The van der Waals surface area contributed by atoms with Crippen molar-refractivity contribution in [2.24, 2.45) is 0 Å². The molecule has 0 spiro atoms. The zero-order chi connectivity index (χ0) is 13.6. The van der Waals surface area contributed by atoms with Gasteiger partial charge in [0.1, 0.15) is 0 Å². The molecule has 1 aromatic rings. The molecule has 0 aromatic heterocycles. The summed E-state index contributed by atoms with van der Waals surface area (Å²) >= 11 is 1.30. The maximum Gasteiger partial charge on any atom is 0.185 e. The molecule has 0 radical (unpaired) electrons. The van der Waals surface area contributed by atoms with Crippen LogP contribution in [0.4, 0.5) is 0 Å². The lowest BCUT2D eigenvalue weighted by molar-refractivity contribution is -0.109. The molecule has 0 N–H and O–H groups in total. The molecule has 98 valence electrons. The number of hydrogen-bond donors (Lipinski definition) is 0. The van der Waals surface area contributed by atoms with Crippen LogP contribution in [-0.4, -0.2) is 25.5 Å². The van der Waals surface area contributed by atoms with Gasteiger partial charge in [-0.15, -0.1) is 0 Å². The lowest BCUT2D eigenvalue weighted by Gasteiger charge is -1.98. The molecule has 0 unspecified atom stereocenters. The van der Waals surface area contributed by atoms with E-state index in [1.165, 1.54) is 18.0 Å². The van der Waals surface area contributed by atoms with Gasteiger partial charge in [-0.25, -0.2) is 8.42 Å². The van der Waals surface area contributed by atoms with Gasteiger partial charge in [-0.1, -0.05) is 36.0 Å². The van der Waals surface area contributed by atoms with Crippen molar-refractivity contribution in [1.82, 2.24) is 0 Å². The summed E-state index contributed by atoms with van der Waals surface area (Å²) in [4.78, 5) is 11.0. The second-order valence-electron chi connectivity index (χ2n) is 3.87. The normalized spacial score (nSPS) is 11.9. The van der Waals surface area contributed by atoms with Crippen molar-refractivity contribution < 1.29 is 13.2 Å². The van der Waals surface area contributed by atoms with Gasteiger partial charge in [0.2, 0.25) is 0 Å². The molecule has 0 heterocycles. The highest BCUT2D eigenvalue weighted by Gasteiger charge is 2.04. The summed E-state index contributed by atoms with van der Waals surface area (Å²) in [6, 6.07) is 6.73. The fourth-order valence-electron chi connectivity index (χ4n) is 1.32. The Balaban J connectivity index is 2.54. The highest BCUT2D eigenvalue weighted by molar-refractivity contribution is 8.13. The van der Waals surface area contributed by atoms with Crippen LogP contribution in [0.2, 0.25) is 0 Å². The molecule has 0 aliphatic heterocycles. The van der Waals surface area contributed by atoms with Crippen LogP contribution in [0.5, 0.6) is 0 Å². The molecule has 1 rings (SSSR count). The summed E-state index contributed by atoms with van der Waals surface area (Å²) in [5, 5.41) is 0.126. The summed E-state index contributed by atoms with van der Waals surface area (Å²) in [6.45, 7) is 1.55. The Morgan fingerprint density at radius 2 is 1.89 bits per heavy atom. The first-order valence-corrected chi connectivity index (χ1v) is 8.37. The maximum absolute atomic E-state index is 11.3. The average Bonchev–Trinajstić information content (AvgIpc) is 2.27. The number of allylic oxidation sites excluding steroid dienone is 1. The SMILES string of the molecule is CC(=O)SCCC=Cc1ccc(S(C)(=O)=O)cc1. The second-order valence-corrected chi connectivity index (χ2v) is 7.16. The van der Waals surface area contributed by atoms with Crippen LogP contribution in [0.3, 0.4) is 0 Å². The van der Waals surface area contributed by atoms with E-state index in [9.17, 15) is 13.2 Å². The van der Waals surface area contributed by atoms with Crippen LogP contribution in [0.15, 0.2) is 35.2 Å². The van der Waals surface area contributed by atoms with Crippen LogP contribution in [0.25, 0.3) is 6.08 Å². The van der Waals surface area contributed by atoms with Crippen molar-refractivity contribution in [2.45, 2.75) is 18.2 Å². The average molecular weight is 284 g/mol. The molecular formula is C13H16O3S2. The number of thioether (sulfide) groups is 1. The van der Waals surface area contributed by atoms with E-state index in [1.807, 2.05) is 12.2 Å². The number of rotatable bonds is 5. The molecule has 5 heteroatoms. The summed E-state index contributed by atoms with van der Waals surface area (Å²) in [5.41, 5.74) is 0.954. The number of hydrogen-bond acceptors (Lipinski definition) is 4. The summed E-state index contributed by atoms with van der Waals surface area (Å²) < 4.78 is 22.5. The predicted molar refractivity (Wildman–Crippen MR) is 76.3 cm³/mol. The molecule has 0 atom stereocenters. The van der Waals surface area contributed by atoms with Gasteiger partial charge >= 0.3 is 0 Å². The predicted octanol–water partition coefficient (Wildman–Crippen LogP) is 2.77. The smallest absolute Gasteiger partial charge is 0.185 e. The first-order valence-electron chi connectivity index (χ1n) is 5.49. The summed E-state index contributed by atoms with van der Waals surface area (Å²) in [7, 11) is -3.12. The molecule has 0 aliphatic rings. The van der Waals surface area contributed by atoms with Crippen LogP contribution in [0.1, 0.15) is 18.9 Å². The second kappa shape index (κ2) is 6.75. The number of sulfone groups is 1. The first kappa shape index (κ1) is 15.0. The summed E-state index contributed by atoms with van der Waals surface area (Å²) in [6.07, 6.45) is 5.91. The van der Waals surface area contributed by atoms with Crippen molar-refractivity contribution in [2.75, 3.05) is 12.0 Å². The van der Waals surface area contributed by atoms with Crippen LogP contribution >= 0.6 is 11.8 Å². The Morgan fingerprint density at radius 3 is 2.39 bits per heavy atom. The molecule has 1 aromatic carbocycles. The van der Waals surface area contributed by atoms with Gasteiger partial charge in [-0.2, -0.15) is 0 Å². The molecule has 0 aliphatic carbocycles. The minimum Gasteiger partial charge on any atom is -0.288 e. The Kier molecular flexibility index (Phi) is 5.62. The minimum absolute atomic E-state index is 0.126. The zero-order valence-electron chi connectivity index (χ0n) is 10.4. The Bertz CT molecular complexity index is 528. The lowest BCUT2D eigenvalue weighted by Crippen LogP contribution is -1.96. The van der Waals surface area contributed by atoms with Crippen LogP contribution in [-0.2, 0) is 14.6 Å². The minimum atomic E-state index is -3.12. The third-order valence-corrected chi connectivity index (χ3v) is 4.18. The highest BCUT2D eigenvalue weighted by atomic mass is 32.2. The molecule has 0 bridgehead atoms. The van der Waals surface area contributed by atoms with E-state index < -0.39 is 9.84 Å². The Labute approximate surface area is 112 Å². The third kappa shape index (κ3) is 5.51. The van der Waals surface area contributed by atoms with Crippen molar-refractivity contribution in [3.63, 3.8) is 0 Å². The van der Waals surface area contributed by atoms with Gasteiger partial charge in [0.15, 0.2) is 15.0 Å². The fraction of sp³-hybridized carbons (Fsp3) is 0.308. The van der Waals surface area contributed by atoms with Gasteiger partial charge in [-0.05, 0) is 24.1 Å².